The standard InChI is InChI=1S/C56H86O6/c1-3-5-7-9-11-13-15-17-19-21-27-45-33-37-47(38-34-45)41-59-53(57)43-61-55-49-29-23-25-31-51(49)56(52-32-26-24-30-50(52)55)62-44-54(58)60-42-48-39-35-46(36-40-48)28-22-20-18-16-14-12-10-8-6-4-2/h23-26,29-32,45-48H,3-22,27-28,33-44H2,1-2H3. The summed E-state index contributed by atoms with van der Waals surface area (Å²) in [6.45, 7) is 5.20. The summed E-state index contributed by atoms with van der Waals surface area (Å²) in [7, 11) is 0. The molecule has 62 heavy (non-hydrogen) atoms. The lowest BCUT2D eigenvalue weighted by Gasteiger charge is -2.28. The predicted molar refractivity (Wildman–Crippen MR) is 258 cm³/mol. The number of hydrogen-bond acceptors (Lipinski definition) is 6. The highest BCUT2D eigenvalue weighted by atomic mass is 16.6. The molecule has 5 rings (SSSR count). The van der Waals surface area contributed by atoms with Crippen molar-refractivity contribution in [1.29, 1.82) is 0 Å². The van der Waals surface area contributed by atoms with Crippen molar-refractivity contribution >= 4 is 33.5 Å². The molecule has 0 amide bonds. The van der Waals surface area contributed by atoms with E-state index in [2.05, 4.69) is 13.8 Å². The number of rotatable bonds is 32. The Morgan fingerprint density at radius 1 is 0.403 bits per heavy atom. The average Bonchev–Trinajstić information content (AvgIpc) is 3.30. The molecule has 0 N–H and O–H groups in total. The molecule has 3 aromatic carbocycles. The quantitative estimate of drug-likeness (QED) is 0.0354. The van der Waals surface area contributed by atoms with Gasteiger partial charge in [0.2, 0.25) is 0 Å². The van der Waals surface area contributed by atoms with Crippen LogP contribution in [0, 0.1) is 23.7 Å². The van der Waals surface area contributed by atoms with Gasteiger partial charge in [-0.3, -0.25) is 0 Å². The molecule has 346 valence electrons. The maximum absolute atomic E-state index is 13.0. The van der Waals surface area contributed by atoms with E-state index in [-0.39, 0.29) is 25.2 Å². The van der Waals surface area contributed by atoms with Crippen LogP contribution < -0.4 is 9.47 Å². The second-order valence-electron chi connectivity index (χ2n) is 19.4. The third kappa shape index (κ3) is 18.1. The van der Waals surface area contributed by atoms with Crippen LogP contribution in [0.5, 0.6) is 11.5 Å². The molecule has 0 unspecified atom stereocenters. The van der Waals surface area contributed by atoms with E-state index in [1.165, 1.54) is 167 Å². The minimum Gasteiger partial charge on any atom is -0.481 e. The first-order valence-corrected chi connectivity index (χ1v) is 26.1. The molecule has 0 radical (unpaired) electrons. The summed E-state index contributed by atoms with van der Waals surface area (Å²) < 4.78 is 24.1. The molecule has 6 nitrogen and oxygen atoms in total. The van der Waals surface area contributed by atoms with E-state index in [1.807, 2.05) is 48.5 Å². The Morgan fingerprint density at radius 3 is 0.984 bits per heavy atom. The fraction of sp³-hybridized carbons (Fsp3) is 0.714. The molecule has 0 bridgehead atoms. The van der Waals surface area contributed by atoms with E-state index in [0.717, 1.165) is 59.1 Å². The number of carbonyl (C=O) groups is 2. The van der Waals surface area contributed by atoms with E-state index in [9.17, 15) is 9.59 Å². The molecule has 2 aliphatic rings. The van der Waals surface area contributed by atoms with Crippen molar-refractivity contribution in [2.24, 2.45) is 23.7 Å². The number of ether oxygens (including phenoxy) is 4. The largest absolute Gasteiger partial charge is 0.481 e. The predicted octanol–water partition coefficient (Wildman–Crippen LogP) is 16.1. The number of benzene rings is 3. The maximum atomic E-state index is 13.0. The average molecular weight is 855 g/mol. The summed E-state index contributed by atoms with van der Waals surface area (Å²) in [5, 5.41) is 3.32. The highest BCUT2D eigenvalue weighted by molar-refractivity contribution is 6.11. The van der Waals surface area contributed by atoms with Crippen LogP contribution in [-0.4, -0.2) is 38.4 Å². The lowest BCUT2D eigenvalue weighted by Crippen LogP contribution is -2.23. The second-order valence-corrected chi connectivity index (χ2v) is 19.4. The number of fused-ring (bicyclic) bond motifs is 2. The van der Waals surface area contributed by atoms with E-state index < -0.39 is 0 Å². The van der Waals surface area contributed by atoms with Crippen LogP contribution in [0.2, 0.25) is 0 Å². The van der Waals surface area contributed by atoms with Gasteiger partial charge in [-0.05, 0) is 49.4 Å². The molecular weight excluding hydrogens is 769 g/mol. The van der Waals surface area contributed by atoms with Crippen LogP contribution in [0.4, 0.5) is 0 Å². The summed E-state index contributed by atoms with van der Waals surface area (Å²) >= 11 is 0. The van der Waals surface area contributed by atoms with Gasteiger partial charge in [-0.2, -0.15) is 0 Å². The first-order chi connectivity index (χ1) is 30.6. The van der Waals surface area contributed by atoms with Crippen LogP contribution >= 0.6 is 0 Å². The highest BCUT2D eigenvalue weighted by Crippen LogP contribution is 2.43. The van der Waals surface area contributed by atoms with Crippen molar-refractivity contribution in [3.05, 3.63) is 48.5 Å². The van der Waals surface area contributed by atoms with Gasteiger partial charge < -0.3 is 18.9 Å². The Labute approximate surface area is 377 Å². The summed E-state index contributed by atoms with van der Waals surface area (Å²) in [5.74, 6) is 3.11. The first-order valence-electron chi connectivity index (χ1n) is 26.1. The molecule has 0 atom stereocenters. The van der Waals surface area contributed by atoms with Crippen LogP contribution in [-0.2, 0) is 19.1 Å². The van der Waals surface area contributed by atoms with Crippen molar-refractivity contribution in [2.75, 3.05) is 26.4 Å². The fourth-order valence-corrected chi connectivity index (χ4v) is 10.3. The minimum atomic E-state index is -0.337. The van der Waals surface area contributed by atoms with Gasteiger partial charge in [-0.1, -0.05) is 229 Å². The van der Waals surface area contributed by atoms with E-state index >= 15 is 0 Å². The van der Waals surface area contributed by atoms with Gasteiger partial charge in [-0.15, -0.1) is 0 Å². The van der Waals surface area contributed by atoms with E-state index in [1.54, 1.807) is 0 Å². The molecule has 0 aromatic heterocycles. The van der Waals surface area contributed by atoms with Gasteiger partial charge in [0, 0.05) is 21.5 Å². The van der Waals surface area contributed by atoms with Crippen molar-refractivity contribution in [3.8, 4) is 11.5 Å². The maximum Gasteiger partial charge on any atom is 0.344 e. The number of carbonyl (C=O) groups excluding carboxylic acids is 2. The SMILES string of the molecule is CCCCCCCCCCCCC1CCC(COC(=O)COc2c3ccccc3c(OCC(=O)OCC3CCC(CCCCCCCCCCCC)CC3)c3ccccc23)CC1. The Morgan fingerprint density at radius 2 is 0.677 bits per heavy atom. The normalized spacial score (nSPS) is 19.1. The monoisotopic (exact) mass is 855 g/mol. The summed E-state index contributed by atoms with van der Waals surface area (Å²) in [4.78, 5) is 26.1. The van der Waals surface area contributed by atoms with Gasteiger partial charge in [0.25, 0.3) is 0 Å². The molecule has 2 fully saturated rings. The molecule has 0 spiro atoms. The van der Waals surface area contributed by atoms with Crippen molar-refractivity contribution in [2.45, 2.75) is 206 Å². The minimum absolute atomic E-state index is 0.157. The smallest absolute Gasteiger partial charge is 0.344 e. The van der Waals surface area contributed by atoms with Crippen molar-refractivity contribution in [3.63, 3.8) is 0 Å². The van der Waals surface area contributed by atoms with Gasteiger partial charge >= 0.3 is 11.9 Å². The molecule has 2 saturated carbocycles. The molecular formula is C56H86O6. The lowest BCUT2D eigenvalue weighted by atomic mass is 9.80. The molecule has 6 heteroatoms. The first kappa shape index (κ1) is 49.7. The second kappa shape index (κ2) is 30.0. The van der Waals surface area contributed by atoms with Gasteiger partial charge in [0.1, 0.15) is 11.5 Å². The third-order valence-corrected chi connectivity index (χ3v) is 14.3. The van der Waals surface area contributed by atoms with Crippen molar-refractivity contribution in [1.82, 2.24) is 0 Å². The zero-order valence-electron chi connectivity index (χ0n) is 39.4. The molecule has 2 aliphatic carbocycles. The van der Waals surface area contributed by atoms with Gasteiger partial charge in [0.05, 0.1) is 13.2 Å². The Bertz CT molecular complexity index is 1490. The van der Waals surface area contributed by atoms with E-state index in [4.69, 9.17) is 18.9 Å². The summed E-state index contributed by atoms with van der Waals surface area (Å²) in [5.41, 5.74) is 0. The summed E-state index contributed by atoms with van der Waals surface area (Å²) in [6, 6.07) is 15.8. The zero-order valence-corrected chi connectivity index (χ0v) is 39.4. The van der Waals surface area contributed by atoms with Gasteiger partial charge in [0.15, 0.2) is 13.2 Å². The fourth-order valence-electron chi connectivity index (χ4n) is 10.3. The van der Waals surface area contributed by atoms with Gasteiger partial charge in [-0.25, -0.2) is 9.59 Å². The van der Waals surface area contributed by atoms with E-state index in [0.29, 0.717) is 36.5 Å². The Hall–Kier alpha value is -3.28. The van der Waals surface area contributed by atoms with Crippen LogP contribution in [0.15, 0.2) is 48.5 Å². The van der Waals surface area contributed by atoms with Crippen LogP contribution in [0.25, 0.3) is 21.5 Å². The van der Waals surface area contributed by atoms with Crippen molar-refractivity contribution < 1.29 is 28.5 Å². The Kier molecular flexibility index (Phi) is 24.0. The summed E-state index contributed by atoms with van der Waals surface area (Å²) in [6.07, 6.45) is 40.1. The molecule has 3 aromatic rings. The lowest BCUT2D eigenvalue weighted by molar-refractivity contribution is -0.148. The van der Waals surface area contributed by atoms with Crippen LogP contribution in [0.1, 0.15) is 206 Å². The molecule has 0 aliphatic heterocycles. The third-order valence-electron chi connectivity index (χ3n) is 14.3. The van der Waals surface area contributed by atoms with Crippen LogP contribution in [0.3, 0.4) is 0 Å². The molecule has 0 heterocycles. The zero-order chi connectivity index (χ0) is 43.5. The Balaban J connectivity index is 0.980. The topological polar surface area (TPSA) is 71.1 Å². The number of unbranched alkanes of at least 4 members (excludes halogenated alkanes) is 18. The number of esters is 2. The highest BCUT2D eigenvalue weighted by Gasteiger charge is 2.25. The number of hydrogen-bond donors (Lipinski definition) is 0. The molecule has 0 saturated heterocycles.